The lowest BCUT2D eigenvalue weighted by molar-refractivity contribution is 0.0403. The molecule has 4 heteroatoms. The number of carbonyl (C=O) groups excluding carboxylic acids is 1. The van der Waals surface area contributed by atoms with Gasteiger partial charge in [0.1, 0.15) is 6.61 Å². The van der Waals surface area contributed by atoms with Crippen LogP contribution in [-0.4, -0.2) is 25.4 Å². The molecule has 1 N–H and O–H groups in total. The highest BCUT2D eigenvalue weighted by atomic mass is 16.7. The SMILES string of the molecule is O=C(OC/C=C/c1ccc(NC2CCCC2)cc1)OCC1CCC1. The highest BCUT2D eigenvalue weighted by Gasteiger charge is 2.19. The summed E-state index contributed by atoms with van der Waals surface area (Å²) in [6, 6.07) is 8.98. The van der Waals surface area contributed by atoms with Crippen LogP contribution < -0.4 is 5.32 Å². The standard InChI is InChI=1S/C20H27NO3/c22-20(24-15-17-5-3-6-17)23-14-4-7-16-10-12-19(13-11-16)21-18-8-1-2-9-18/h4,7,10-13,17-18,21H,1-3,5-6,8-9,14-15H2/b7-4+. The molecule has 1 aromatic rings. The van der Waals surface area contributed by atoms with Gasteiger partial charge in [-0.1, -0.05) is 37.5 Å². The molecule has 2 aliphatic carbocycles. The maximum Gasteiger partial charge on any atom is 0.508 e. The van der Waals surface area contributed by atoms with Gasteiger partial charge < -0.3 is 14.8 Å². The van der Waals surface area contributed by atoms with Crippen molar-refractivity contribution >= 4 is 17.9 Å². The van der Waals surface area contributed by atoms with E-state index < -0.39 is 6.16 Å². The van der Waals surface area contributed by atoms with Crippen LogP contribution in [-0.2, 0) is 9.47 Å². The summed E-state index contributed by atoms with van der Waals surface area (Å²) in [5, 5.41) is 3.57. The lowest BCUT2D eigenvalue weighted by Crippen LogP contribution is -2.20. The second-order valence-corrected chi connectivity index (χ2v) is 6.82. The third kappa shape index (κ3) is 5.29. The van der Waals surface area contributed by atoms with Crippen LogP contribution in [0.1, 0.15) is 50.5 Å². The summed E-state index contributed by atoms with van der Waals surface area (Å²) < 4.78 is 10.1. The summed E-state index contributed by atoms with van der Waals surface area (Å²) in [6.07, 6.45) is 12.0. The van der Waals surface area contributed by atoms with Gasteiger partial charge in [-0.2, -0.15) is 0 Å². The van der Waals surface area contributed by atoms with Gasteiger partial charge in [-0.3, -0.25) is 0 Å². The minimum Gasteiger partial charge on any atom is -0.434 e. The van der Waals surface area contributed by atoms with Gasteiger partial charge in [0.15, 0.2) is 0 Å². The Hall–Kier alpha value is -1.97. The second kappa shape index (κ2) is 8.76. The van der Waals surface area contributed by atoms with Crippen LogP contribution in [0.2, 0.25) is 0 Å². The Bertz CT molecular complexity index is 543. The summed E-state index contributed by atoms with van der Waals surface area (Å²) >= 11 is 0. The Morgan fingerprint density at radius 3 is 2.46 bits per heavy atom. The van der Waals surface area contributed by atoms with Crippen molar-refractivity contribution in [1.29, 1.82) is 0 Å². The molecule has 24 heavy (non-hydrogen) atoms. The number of ether oxygens (including phenoxy) is 2. The second-order valence-electron chi connectivity index (χ2n) is 6.82. The van der Waals surface area contributed by atoms with Crippen molar-refractivity contribution < 1.29 is 14.3 Å². The smallest absolute Gasteiger partial charge is 0.434 e. The van der Waals surface area contributed by atoms with Crippen LogP contribution in [0.3, 0.4) is 0 Å². The molecule has 0 heterocycles. The van der Waals surface area contributed by atoms with Gasteiger partial charge in [0.25, 0.3) is 0 Å². The van der Waals surface area contributed by atoms with Crippen molar-refractivity contribution in [1.82, 2.24) is 0 Å². The summed E-state index contributed by atoms with van der Waals surface area (Å²) in [6.45, 7) is 0.740. The average Bonchev–Trinajstić information content (AvgIpc) is 3.04. The van der Waals surface area contributed by atoms with Crippen LogP contribution in [0.15, 0.2) is 30.3 Å². The molecular weight excluding hydrogens is 302 g/mol. The van der Waals surface area contributed by atoms with Gasteiger partial charge in [-0.05, 0) is 55.4 Å². The molecule has 130 valence electrons. The van der Waals surface area contributed by atoms with Gasteiger partial charge in [-0.15, -0.1) is 0 Å². The molecular formula is C20H27NO3. The normalized spacial score (nSPS) is 18.5. The lowest BCUT2D eigenvalue weighted by Gasteiger charge is -2.24. The van der Waals surface area contributed by atoms with Crippen LogP contribution >= 0.6 is 0 Å². The first-order valence-electron chi connectivity index (χ1n) is 9.12. The number of hydrogen-bond donors (Lipinski definition) is 1. The van der Waals surface area contributed by atoms with E-state index in [-0.39, 0.29) is 6.61 Å². The zero-order chi connectivity index (χ0) is 16.6. The molecule has 0 unspecified atom stereocenters. The number of nitrogens with one attached hydrogen (secondary N) is 1. The van der Waals surface area contributed by atoms with E-state index in [0.29, 0.717) is 18.6 Å². The molecule has 0 atom stereocenters. The van der Waals surface area contributed by atoms with Crippen molar-refractivity contribution in [2.24, 2.45) is 5.92 Å². The van der Waals surface area contributed by atoms with Crippen LogP contribution in [0.5, 0.6) is 0 Å². The largest absolute Gasteiger partial charge is 0.508 e. The van der Waals surface area contributed by atoms with E-state index in [2.05, 4.69) is 29.6 Å². The predicted octanol–water partition coefficient (Wildman–Crippen LogP) is 5.01. The monoisotopic (exact) mass is 329 g/mol. The summed E-state index contributed by atoms with van der Waals surface area (Å²) in [4.78, 5) is 11.4. The first-order valence-corrected chi connectivity index (χ1v) is 9.12. The zero-order valence-corrected chi connectivity index (χ0v) is 14.2. The molecule has 0 saturated heterocycles. The van der Waals surface area contributed by atoms with Crippen LogP contribution in [0.4, 0.5) is 10.5 Å². The van der Waals surface area contributed by atoms with E-state index in [4.69, 9.17) is 9.47 Å². The van der Waals surface area contributed by atoms with E-state index >= 15 is 0 Å². The maximum atomic E-state index is 11.4. The maximum absolute atomic E-state index is 11.4. The van der Waals surface area contributed by atoms with Gasteiger partial charge in [0, 0.05) is 11.7 Å². The summed E-state index contributed by atoms with van der Waals surface area (Å²) in [7, 11) is 0. The zero-order valence-electron chi connectivity index (χ0n) is 14.2. The molecule has 0 spiro atoms. The topological polar surface area (TPSA) is 47.6 Å². The molecule has 0 aliphatic heterocycles. The molecule has 2 fully saturated rings. The number of carbonyl (C=O) groups is 1. The first kappa shape index (κ1) is 16.9. The highest BCUT2D eigenvalue weighted by Crippen LogP contribution is 2.26. The molecule has 0 amide bonds. The molecule has 4 nitrogen and oxygen atoms in total. The van der Waals surface area contributed by atoms with Gasteiger partial charge in [-0.25, -0.2) is 4.79 Å². The molecule has 1 aromatic carbocycles. The Morgan fingerprint density at radius 2 is 1.79 bits per heavy atom. The molecule has 2 aliphatic rings. The van der Waals surface area contributed by atoms with E-state index in [1.165, 1.54) is 50.6 Å². The number of rotatable bonds is 7. The van der Waals surface area contributed by atoms with Gasteiger partial charge >= 0.3 is 6.16 Å². The number of benzene rings is 1. The minimum atomic E-state index is -0.567. The first-order chi connectivity index (χ1) is 11.8. The van der Waals surface area contributed by atoms with E-state index in [1.54, 1.807) is 0 Å². The van der Waals surface area contributed by atoms with E-state index in [9.17, 15) is 4.79 Å². The lowest BCUT2D eigenvalue weighted by atomic mass is 9.86. The predicted molar refractivity (Wildman–Crippen MR) is 96.0 cm³/mol. The Balaban J connectivity index is 1.34. The summed E-state index contributed by atoms with van der Waals surface area (Å²) in [5.74, 6) is 0.546. The fourth-order valence-corrected chi connectivity index (χ4v) is 3.18. The van der Waals surface area contributed by atoms with Crippen molar-refractivity contribution in [2.75, 3.05) is 18.5 Å². The Kier molecular flexibility index (Phi) is 6.16. The quantitative estimate of drug-likeness (QED) is 0.715. The van der Waals surface area contributed by atoms with E-state index in [1.807, 2.05) is 12.2 Å². The minimum absolute atomic E-state index is 0.242. The fourth-order valence-electron chi connectivity index (χ4n) is 3.18. The van der Waals surface area contributed by atoms with Crippen molar-refractivity contribution in [3.63, 3.8) is 0 Å². The molecule has 3 rings (SSSR count). The molecule has 0 aromatic heterocycles. The Labute approximate surface area is 144 Å². The Morgan fingerprint density at radius 1 is 1.04 bits per heavy atom. The third-order valence-corrected chi connectivity index (χ3v) is 4.91. The third-order valence-electron chi connectivity index (χ3n) is 4.91. The van der Waals surface area contributed by atoms with Crippen LogP contribution in [0, 0.1) is 5.92 Å². The van der Waals surface area contributed by atoms with Gasteiger partial charge in [0.05, 0.1) is 6.61 Å². The summed E-state index contributed by atoms with van der Waals surface area (Å²) in [5.41, 5.74) is 2.27. The fraction of sp³-hybridized carbons (Fsp3) is 0.550. The molecule has 0 radical (unpaired) electrons. The number of anilines is 1. The van der Waals surface area contributed by atoms with Gasteiger partial charge in [0.2, 0.25) is 0 Å². The van der Waals surface area contributed by atoms with Crippen LogP contribution in [0.25, 0.3) is 6.08 Å². The highest BCUT2D eigenvalue weighted by molar-refractivity contribution is 5.60. The molecule has 0 bridgehead atoms. The van der Waals surface area contributed by atoms with E-state index in [0.717, 1.165) is 5.56 Å². The van der Waals surface area contributed by atoms with Crippen molar-refractivity contribution in [3.05, 3.63) is 35.9 Å². The average molecular weight is 329 g/mol. The number of hydrogen-bond acceptors (Lipinski definition) is 4. The van der Waals surface area contributed by atoms with Crippen molar-refractivity contribution in [3.8, 4) is 0 Å². The van der Waals surface area contributed by atoms with Crippen molar-refractivity contribution in [2.45, 2.75) is 51.0 Å². The molecule has 2 saturated carbocycles.